The predicted molar refractivity (Wildman–Crippen MR) is 137 cm³/mol. The molecule has 3 aromatic carbocycles. The van der Waals surface area contributed by atoms with Crippen LogP contribution in [0.3, 0.4) is 0 Å². The van der Waals surface area contributed by atoms with Gasteiger partial charge in [-0.25, -0.2) is 0 Å². The number of anilines is 2. The predicted octanol–water partition coefficient (Wildman–Crippen LogP) is 5.35. The van der Waals surface area contributed by atoms with Crippen LogP contribution in [0.25, 0.3) is 0 Å². The van der Waals surface area contributed by atoms with Crippen LogP contribution in [0, 0.1) is 5.41 Å². The molecule has 0 bridgehead atoms. The van der Waals surface area contributed by atoms with Gasteiger partial charge in [-0.2, -0.15) is 26.3 Å². The van der Waals surface area contributed by atoms with E-state index < -0.39 is 71.3 Å². The second kappa shape index (κ2) is 11.4. The Labute approximate surface area is 243 Å². The number of alkyl halides is 6. The van der Waals surface area contributed by atoms with Gasteiger partial charge < -0.3 is 29.6 Å². The third-order valence-corrected chi connectivity index (χ3v) is 8.37. The number of thioether (sulfide) groups is 1. The Morgan fingerprint density at radius 3 is 1.69 bits per heavy atom. The molecule has 0 N–H and O–H groups in total. The van der Waals surface area contributed by atoms with Crippen molar-refractivity contribution in [1.82, 2.24) is 0 Å². The number of Topliss-reactive ketones (excluding diaryl/α,β-unsaturated/α-hetero) is 1. The van der Waals surface area contributed by atoms with Crippen LogP contribution in [-0.2, 0) is 12.4 Å². The van der Waals surface area contributed by atoms with E-state index in [0.717, 1.165) is 36.0 Å². The number of carbonyl (C=O) groups is 3. The van der Waals surface area contributed by atoms with Crippen molar-refractivity contribution >= 4 is 52.7 Å². The second-order valence-electron chi connectivity index (χ2n) is 9.31. The van der Waals surface area contributed by atoms with E-state index in [-0.39, 0.29) is 21.2 Å². The van der Waals surface area contributed by atoms with Gasteiger partial charge in [-0.15, -0.1) is 11.8 Å². The highest BCUT2D eigenvalue weighted by atomic mass is 35.5. The SMILES string of the molecule is O=C([O-])N(CC1(CN(C(=O)[O-])c2cccc(C(F)(F)F)c2)CSc2c(Cl)cccc2C1=O)c1cccc(C(F)(F)F)c1. The largest absolute Gasteiger partial charge is 0.530 e. The average Bonchev–Trinajstić information content (AvgIpc) is 2.91. The van der Waals surface area contributed by atoms with E-state index in [1.807, 2.05) is 0 Å². The van der Waals surface area contributed by atoms with Crippen LogP contribution < -0.4 is 20.0 Å². The van der Waals surface area contributed by atoms with Crippen molar-refractivity contribution in [2.24, 2.45) is 5.41 Å². The van der Waals surface area contributed by atoms with Crippen molar-refractivity contribution in [1.29, 1.82) is 0 Å². The van der Waals surface area contributed by atoms with Crippen molar-refractivity contribution < 1.29 is 50.9 Å². The van der Waals surface area contributed by atoms with Crippen molar-refractivity contribution in [3.05, 3.63) is 88.4 Å². The molecule has 0 unspecified atom stereocenters. The van der Waals surface area contributed by atoms with Gasteiger partial charge in [0.05, 0.1) is 21.6 Å². The van der Waals surface area contributed by atoms with Gasteiger partial charge in [0, 0.05) is 40.7 Å². The molecule has 15 heteroatoms. The monoisotopic (exact) mass is 630 g/mol. The van der Waals surface area contributed by atoms with Gasteiger partial charge in [0.25, 0.3) is 0 Å². The quantitative estimate of drug-likeness (QED) is 0.340. The van der Waals surface area contributed by atoms with E-state index in [1.54, 1.807) is 0 Å². The minimum atomic E-state index is -4.85. The number of halogens is 7. The van der Waals surface area contributed by atoms with Crippen LogP contribution >= 0.6 is 23.4 Å². The number of hydrogen-bond acceptors (Lipinski definition) is 6. The molecule has 0 spiro atoms. The third-order valence-electron chi connectivity index (χ3n) is 6.52. The van der Waals surface area contributed by atoms with Crippen molar-refractivity contribution in [2.75, 3.05) is 28.6 Å². The standard InChI is InChI=1S/C27H19ClF6N2O5S/c28-20-9-3-8-19-21(20)42-14-25(22(19)37,12-35(23(38)39)17-6-1-4-15(10-17)26(29,30)31)13-36(24(40)41)18-7-2-5-16(11-18)27(32,33)34/h1-11H,12-14H2,(H,38,39)(H,40,41)/p-2. The fourth-order valence-electron chi connectivity index (χ4n) is 4.51. The molecule has 7 nitrogen and oxygen atoms in total. The summed E-state index contributed by atoms with van der Waals surface area (Å²) in [5, 5.41) is 24.7. The van der Waals surface area contributed by atoms with Crippen LogP contribution in [0.1, 0.15) is 21.5 Å². The topological polar surface area (TPSA) is 104 Å². The molecule has 0 aliphatic carbocycles. The van der Waals surface area contributed by atoms with Crippen LogP contribution in [0.15, 0.2) is 71.6 Å². The summed E-state index contributed by atoms with van der Waals surface area (Å²) in [4.78, 5) is 39.5. The van der Waals surface area contributed by atoms with Gasteiger partial charge in [0.15, 0.2) is 5.78 Å². The minimum absolute atomic E-state index is 0.0385. The number of carboxylic acid groups (broad SMARTS) is 2. The lowest BCUT2D eigenvalue weighted by Crippen LogP contribution is -2.58. The molecule has 1 heterocycles. The molecule has 0 radical (unpaired) electrons. The summed E-state index contributed by atoms with van der Waals surface area (Å²) in [6.07, 6.45) is -13.7. The molecular weight excluding hydrogens is 614 g/mol. The van der Waals surface area contributed by atoms with Crippen LogP contribution in [0.4, 0.5) is 47.3 Å². The van der Waals surface area contributed by atoms with Crippen LogP contribution in [0.5, 0.6) is 0 Å². The Morgan fingerprint density at radius 1 is 0.810 bits per heavy atom. The fraction of sp³-hybridized carbons (Fsp3) is 0.222. The molecular formula is C27H17ClF6N2O5S-2. The first-order chi connectivity index (χ1) is 19.5. The van der Waals surface area contributed by atoms with Crippen LogP contribution in [-0.4, -0.2) is 36.8 Å². The number of ketones is 1. The molecule has 2 amide bonds. The Kier molecular flexibility index (Phi) is 8.43. The lowest BCUT2D eigenvalue weighted by Gasteiger charge is -2.44. The van der Waals surface area contributed by atoms with E-state index in [0.29, 0.717) is 34.1 Å². The van der Waals surface area contributed by atoms with Gasteiger partial charge in [0.2, 0.25) is 0 Å². The van der Waals surface area contributed by atoms with E-state index in [1.165, 1.54) is 18.2 Å². The third kappa shape index (κ3) is 6.28. The first-order valence-electron chi connectivity index (χ1n) is 11.8. The summed E-state index contributed by atoms with van der Waals surface area (Å²) in [7, 11) is 0. The van der Waals surface area contributed by atoms with Gasteiger partial charge in [-0.1, -0.05) is 35.9 Å². The van der Waals surface area contributed by atoms with Gasteiger partial charge in [-0.3, -0.25) is 4.79 Å². The number of nitrogens with zero attached hydrogens (tertiary/aromatic N) is 2. The summed E-state index contributed by atoms with van der Waals surface area (Å²) >= 11 is 7.16. The molecule has 0 aromatic heterocycles. The maximum Gasteiger partial charge on any atom is 0.416 e. The average molecular weight is 631 g/mol. The zero-order chi connectivity index (χ0) is 31.0. The molecule has 3 aromatic rings. The molecule has 4 rings (SSSR count). The van der Waals surface area contributed by atoms with Crippen molar-refractivity contribution in [3.8, 4) is 0 Å². The second-order valence-corrected chi connectivity index (χ2v) is 10.7. The number of amides is 2. The first-order valence-corrected chi connectivity index (χ1v) is 13.2. The Bertz CT molecular complexity index is 1470. The maximum absolute atomic E-state index is 14.0. The molecule has 42 heavy (non-hydrogen) atoms. The summed E-state index contributed by atoms with van der Waals surface area (Å²) < 4.78 is 80.3. The highest BCUT2D eigenvalue weighted by Gasteiger charge is 2.47. The lowest BCUT2D eigenvalue weighted by atomic mass is 9.80. The maximum atomic E-state index is 14.0. The summed E-state index contributed by atoms with van der Waals surface area (Å²) in [6.45, 7) is -1.84. The zero-order valence-corrected chi connectivity index (χ0v) is 22.5. The number of carbonyl (C=O) groups excluding carboxylic acids is 3. The molecule has 0 fully saturated rings. The molecule has 0 saturated heterocycles. The van der Waals surface area contributed by atoms with Crippen molar-refractivity contribution in [2.45, 2.75) is 17.2 Å². The molecule has 222 valence electrons. The number of benzene rings is 3. The number of rotatable bonds is 6. The summed E-state index contributed by atoms with van der Waals surface area (Å²) in [5.41, 5.74) is -5.56. The number of hydrogen-bond donors (Lipinski definition) is 0. The smallest absolute Gasteiger partial charge is 0.416 e. The lowest BCUT2D eigenvalue weighted by molar-refractivity contribution is -0.247. The Balaban J connectivity index is 1.86. The zero-order valence-electron chi connectivity index (χ0n) is 21.0. The fourth-order valence-corrected chi connectivity index (χ4v) is 6.10. The Morgan fingerprint density at radius 2 is 1.26 bits per heavy atom. The summed E-state index contributed by atoms with van der Waals surface area (Å²) in [6, 6.07) is 10.5. The normalized spacial score (nSPS) is 14.7. The van der Waals surface area contributed by atoms with E-state index in [4.69, 9.17) is 11.6 Å². The summed E-state index contributed by atoms with van der Waals surface area (Å²) in [5.74, 6) is -1.19. The van der Waals surface area contributed by atoms with E-state index in [2.05, 4.69) is 0 Å². The number of fused-ring (bicyclic) bond motifs is 1. The highest BCUT2D eigenvalue weighted by Crippen LogP contribution is 2.45. The van der Waals surface area contributed by atoms with Gasteiger partial charge >= 0.3 is 12.4 Å². The Hall–Kier alpha value is -3.91. The molecule has 1 aliphatic heterocycles. The highest BCUT2D eigenvalue weighted by molar-refractivity contribution is 7.99. The molecule has 0 saturated carbocycles. The molecule has 1 aliphatic rings. The molecule has 0 atom stereocenters. The van der Waals surface area contributed by atoms with Crippen molar-refractivity contribution in [3.63, 3.8) is 0 Å². The minimum Gasteiger partial charge on any atom is -0.530 e. The van der Waals surface area contributed by atoms with Gasteiger partial charge in [-0.05, 0) is 42.5 Å². The van der Waals surface area contributed by atoms with E-state index in [9.17, 15) is 50.9 Å². The first kappa shape index (κ1) is 31.0. The van der Waals surface area contributed by atoms with Gasteiger partial charge in [0.1, 0.15) is 12.2 Å². The van der Waals surface area contributed by atoms with E-state index >= 15 is 0 Å². The van der Waals surface area contributed by atoms with Crippen LogP contribution in [0.2, 0.25) is 5.02 Å².